The van der Waals surface area contributed by atoms with Gasteiger partial charge in [0.25, 0.3) is 0 Å². The number of carboxylic acid groups (broad SMARTS) is 1. The molecule has 6 heteroatoms. The van der Waals surface area contributed by atoms with E-state index in [0.717, 1.165) is 6.08 Å². The van der Waals surface area contributed by atoms with Crippen LogP contribution in [0.4, 0.5) is 0 Å². The SMILES string of the molecule is COc1ccc(C(=CC(=O)O)NC(C)=O)c(C)c1OC. The van der Waals surface area contributed by atoms with Crippen LogP contribution in [-0.4, -0.2) is 31.2 Å². The highest BCUT2D eigenvalue weighted by Gasteiger charge is 2.15. The van der Waals surface area contributed by atoms with E-state index in [1.807, 2.05) is 0 Å². The molecule has 0 bridgehead atoms. The van der Waals surface area contributed by atoms with E-state index in [0.29, 0.717) is 22.6 Å². The number of methoxy groups -OCH3 is 2. The molecule has 0 radical (unpaired) electrons. The molecule has 20 heavy (non-hydrogen) atoms. The van der Waals surface area contributed by atoms with E-state index in [2.05, 4.69) is 5.32 Å². The van der Waals surface area contributed by atoms with Gasteiger partial charge in [0.2, 0.25) is 5.91 Å². The molecule has 0 spiro atoms. The van der Waals surface area contributed by atoms with Gasteiger partial charge in [-0.3, -0.25) is 4.79 Å². The van der Waals surface area contributed by atoms with Crippen LogP contribution in [0.15, 0.2) is 18.2 Å². The van der Waals surface area contributed by atoms with Crippen molar-refractivity contribution < 1.29 is 24.2 Å². The zero-order chi connectivity index (χ0) is 15.3. The molecule has 0 aromatic heterocycles. The number of aliphatic carboxylic acids is 1. The van der Waals surface area contributed by atoms with Crippen LogP contribution in [0.5, 0.6) is 11.5 Å². The molecule has 0 aliphatic carbocycles. The number of ether oxygens (including phenoxy) is 2. The fraction of sp³-hybridized carbons (Fsp3) is 0.286. The van der Waals surface area contributed by atoms with Gasteiger partial charge >= 0.3 is 5.97 Å². The molecule has 1 amide bonds. The lowest BCUT2D eigenvalue weighted by molar-refractivity contribution is -0.131. The highest BCUT2D eigenvalue weighted by Crippen LogP contribution is 2.34. The summed E-state index contributed by atoms with van der Waals surface area (Å²) < 4.78 is 10.4. The second kappa shape index (κ2) is 6.60. The lowest BCUT2D eigenvalue weighted by Crippen LogP contribution is -2.20. The van der Waals surface area contributed by atoms with Gasteiger partial charge in [0, 0.05) is 24.1 Å². The summed E-state index contributed by atoms with van der Waals surface area (Å²) in [6.45, 7) is 3.07. The number of hydrogen-bond donors (Lipinski definition) is 2. The van der Waals surface area contributed by atoms with E-state index in [1.54, 1.807) is 19.1 Å². The lowest BCUT2D eigenvalue weighted by Gasteiger charge is -2.16. The van der Waals surface area contributed by atoms with E-state index >= 15 is 0 Å². The van der Waals surface area contributed by atoms with Crippen molar-refractivity contribution in [2.75, 3.05) is 14.2 Å². The van der Waals surface area contributed by atoms with Crippen LogP contribution in [0, 0.1) is 6.92 Å². The Morgan fingerprint density at radius 1 is 1.25 bits per heavy atom. The molecular formula is C14H17NO5. The third-order valence-electron chi connectivity index (χ3n) is 2.66. The van der Waals surface area contributed by atoms with Crippen LogP contribution in [0.2, 0.25) is 0 Å². The fourth-order valence-electron chi connectivity index (χ4n) is 1.87. The standard InChI is InChI=1S/C14H17NO5/c1-8-10(5-6-12(19-3)14(8)20-4)11(7-13(17)18)15-9(2)16/h5-7H,1-4H3,(H,15,16)(H,17,18). The third-order valence-corrected chi connectivity index (χ3v) is 2.66. The monoisotopic (exact) mass is 279 g/mol. The van der Waals surface area contributed by atoms with Crippen molar-refractivity contribution in [2.45, 2.75) is 13.8 Å². The number of carbonyl (C=O) groups excluding carboxylic acids is 1. The van der Waals surface area contributed by atoms with Gasteiger partial charge in [-0.05, 0) is 19.1 Å². The van der Waals surface area contributed by atoms with Gasteiger partial charge in [-0.2, -0.15) is 0 Å². The maximum absolute atomic E-state index is 11.2. The van der Waals surface area contributed by atoms with Gasteiger partial charge in [0.05, 0.1) is 19.9 Å². The predicted molar refractivity (Wildman–Crippen MR) is 73.7 cm³/mol. The summed E-state index contributed by atoms with van der Waals surface area (Å²) >= 11 is 0. The minimum Gasteiger partial charge on any atom is -0.493 e. The minimum absolute atomic E-state index is 0.198. The Morgan fingerprint density at radius 2 is 1.90 bits per heavy atom. The number of rotatable bonds is 5. The Hall–Kier alpha value is -2.50. The molecule has 2 N–H and O–H groups in total. The highest BCUT2D eigenvalue weighted by molar-refractivity contribution is 5.95. The first kappa shape index (κ1) is 15.6. The molecule has 0 saturated carbocycles. The second-order valence-electron chi connectivity index (χ2n) is 4.05. The zero-order valence-corrected chi connectivity index (χ0v) is 11.8. The number of carbonyl (C=O) groups is 2. The van der Waals surface area contributed by atoms with Gasteiger partial charge in [0.15, 0.2) is 11.5 Å². The molecule has 0 fully saturated rings. The van der Waals surface area contributed by atoms with Gasteiger partial charge in [0.1, 0.15) is 0 Å². The number of carboxylic acids is 1. The van der Waals surface area contributed by atoms with Crippen LogP contribution in [0.1, 0.15) is 18.1 Å². The maximum atomic E-state index is 11.2. The van der Waals surface area contributed by atoms with Gasteiger partial charge < -0.3 is 19.9 Å². The topological polar surface area (TPSA) is 84.9 Å². The summed E-state index contributed by atoms with van der Waals surface area (Å²) in [5.74, 6) is -0.479. The average molecular weight is 279 g/mol. The van der Waals surface area contributed by atoms with Crippen molar-refractivity contribution in [1.82, 2.24) is 5.32 Å². The molecule has 1 rings (SSSR count). The average Bonchev–Trinajstić information content (AvgIpc) is 2.36. The predicted octanol–water partition coefficient (Wildman–Crippen LogP) is 1.57. The van der Waals surface area contributed by atoms with E-state index in [4.69, 9.17) is 14.6 Å². The lowest BCUT2D eigenvalue weighted by atomic mass is 10.0. The van der Waals surface area contributed by atoms with Crippen molar-refractivity contribution in [2.24, 2.45) is 0 Å². The molecular weight excluding hydrogens is 262 g/mol. The van der Waals surface area contributed by atoms with E-state index in [1.165, 1.54) is 21.1 Å². The minimum atomic E-state index is -1.15. The largest absolute Gasteiger partial charge is 0.493 e. The maximum Gasteiger partial charge on any atom is 0.330 e. The molecule has 1 aromatic carbocycles. The first-order chi connectivity index (χ1) is 9.40. The van der Waals surface area contributed by atoms with Crippen LogP contribution in [0.25, 0.3) is 5.70 Å². The fourth-order valence-corrected chi connectivity index (χ4v) is 1.87. The highest BCUT2D eigenvalue weighted by atomic mass is 16.5. The molecule has 0 heterocycles. The van der Waals surface area contributed by atoms with Crippen molar-refractivity contribution >= 4 is 17.6 Å². The molecule has 108 valence electrons. The molecule has 0 atom stereocenters. The van der Waals surface area contributed by atoms with Gasteiger partial charge in [-0.1, -0.05) is 0 Å². The number of benzene rings is 1. The summed E-state index contributed by atoms with van der Waals surface area (Å²) in [7, 11) is 3.01. The van der Waals surface area contributed by atoms with Gasteiger partial charge in [-0.15, -0.1) is 0 Å². The van der Waals surface area contributed by atoms with E-state index in [9.17, 15) is 9.59 Å². The zero-order valence-electron chi connectivity index (χ0n) is 11.8. The molecule has 1 aromatic rings. The number of amides is 1. The summed E-state index contributed by atoms with van der Waals surface area (Å²) in [6.07, 6.45) is 0.940. The van der Waals surface area contributed by atoms with Crippen LogP contribution in [-0.2, 0) is 9.59 Å². The molecule has 0 aliphatic rings. The Labute approximate surface area is 117 Å². The van der Waals surface area contributed by atoms with E-state index in [-0.39, 0.29) is 11.6 Å². The summed E-state index contributed by atoms with van der Waals surface area (Å²) in [4.78, 5) is 22.1. The smallest absolute Gasteiger partial charge is 0.330 e. The first-order valence-electron chi connectivity index (χ1n) is 5.84. The Kier molecular flexibility index (Phi) is 5.14. The van der Waals surface area contributed by atoms with Crippen LogP contribution >= 0.6 is 0 Å². The Balaban J connectivity index is 3.41. The normalized spacial score (nSPS) is 10.9. The molecule has 0 unspecified atom stereocenters. The van der Waals surface area contributed by atoms with Crippen molar-refractivity contribution in [3.8, 4) is 11.5 Å². The van der Waals surface area contributed by atoms with Crippen molar-refractivity contribution in [3.05, 3.63) is 29.3 Å². The Bertz CT molecular complexity index is 563. The number of hydrogen-bond acceptors (Lipinski definition) is 4. The summed E-state index contributed by atoms with van der Waals surface area (Å²) in [5.41, 5.74) is 1.43. The van der Waals surface area contributed by atoms with Crippen molar-refractivity contribution in [3.63, 3.8) is 0 Å². The second-order valence-corrected chi connectivity index (χ2v) is 4.05. The Morgan fingerprint density at radius 3 is 2.35 bits per heavy atom. The third kappa shape index (κ3) is 3.50. The van der Waals surface area contributed by atoms with Gasteiger partial charge in [-0.25, -0.2) is 4.79 Å². The molecule has 0 aliphatic heterocycles. The first-order valence-corrected chi connectivity index (χ1v) is 5.84. The van der Waals surface area contributed by atoms with Crippen molar-refractivity contribution in [1.29, 1.82) is 0 Å². The molecule has 0 saturated heterocycles. The van der Waals surface area contributed by atoms with Crippen LogP contribution < -0.4 is 14.8 Å². The quantitative estimate of drug-likeness (QED) is 0.799. The molecule has 6 nitrogen and oxygen atoms in total. The summed E-state index contributed by atoms with van der Waals surface area (Å²) in [6, 6.07) is 3.32. The van der Waals surface area contributed by atoms with Crippen LogP contribution in [0.3, 0.4) is 0 Å². The van der Waals surface area contributed by atoms with E-state index < -0.39 is 5.97 Å². The summed E-state index contributed by atoms with van der Waals surface area (Å²) in [5, 5.41) is 11.4. The number of nitrogens with one attached hydrogen (secondary N) is 1.